The van der Waals surface area contributed by atoms with Crippen LogP contribution in [0.25, 0.3) is 10.1 Å². The number of carbonyl (C=O) groups is 1. The molecule has 0 unspecified atom stereocenters. The maximum atomic E-state index is 12.8. The van der Waals surface area contributed by atoms with Crippen molar-refractivity contribution in [1.29, 1.82) is 0 Å². The van der Waals surface area contributed by atoms with Gasteiger partial charge in [0.25, 0.3) is 11.2 Å². The summed E-state index contributed by atoms with van der Waals surface area (Å²) in [6.45, 7) is -0.233. The molecule has 0 fully saturated rings. The SMILES string of the molecule is O=C(Cn1sc2cc([N+](=O)[O-])ccc2c1=O)Nc1ccc(F)cc1. The average molecular weight is 347 g/mol. The van der Waals surface area contributed by atoms with E-state index < -0.39 is 16.6 Å². The number of nitrogens with zero attached hydrogens (tertiary/aromatic N) is 2. The molecule has 3 aromatic rings. The highest BCUT2D eigenvalue weighted by Crippen LogP contribution is 2.22. The number of amides is 1. The predicted molar refractivity (Wildman–Crippen MR) is 87.8 cm³/mol. The lowest BCUT2D eigenvalue weighted by Crippen LogP contribution is -2.23. The Labute approximate surface area is 138 Å². The maximum absolute atomic E-state index is 12.8. The molecule has 24 heavy (non-hydrogen) atoms. The Bertz CT molecular complexity index is 994. The lowest BCUT2D eigenvalue weighted by atomic mass is 10.2. The highest BCUT2D eigenvalue weighted by atomic mass is 32.1. The summed E-state index contributed by atoms with van der Waals surface area (Å²) in [6.07, 6.45) is 0. The number of hydrogen-bond donors (Lipinski definition) is 1. The van der Waals surface area contributed by atoms with Crippen molar-refractivity contribution in [2.75, 3.05) is 5.32 Å². The Hall–Kier alpha value is -3.07. The predicted octanol–water partition coefficient (Wildman–Crippen LogP) is 2.75. The summed E-state index contributed by atoms with van der Waals surface area (Å²) in [5.74, 6) is -0.875. The second-order valence-corrected chi connectivity index (χ2v) is 5.99. The monoisotopic (exact) mass is 347 g/mol. The maximum Gasteiger partial charge on any atom is 0.270 e. The standard InChI is InChI=1S/C15H10FN3O4S/c16-9-1-3-10(4-2-9)17-14(20)8-18-15(21)12-6-5-11(19(22)23)7-13(12)24-18/h1-7H,8H2,(H,17,20). The van der Waals surface area contributed by atoms with E-state index in [4.69, 9.17) is 0 Å². The van der Waals surface area contributed by atoms with Crippen molar-refractivity contribution in [3.8, 4) is 0 Å². The van der Waals surface area contributed by atoms with Crippen LogP contribution in [-0.2, 0) is 11.3 Å². The van der Waals surface area contributed by atoms with E-state index in [0.717, 1.165) is 11.5 Å². The summed E-state index contributed by atoms with van der Waals surface area (Å²) < 4.78 is 14.5. The second-order valence-electron chi connectivity index (χ2n) is 4.93. The molecule has 3 rings (SSSR count). The molecule has 1 aromatic heterocycles. The van der Waals surface area contributed by atoms with Crippen LogP contribution < -0.4 is 10.9 Å². The molecule has 0 saturated carbocycles. The third kappa shape index (κ3) is 3.15. The van der Waals surface area contributed by atoms with Gasteiger partial charge in [0.15, 0.2) is 0 Å². The minimum Gasteiger partial charge on any atom is -0.325 e. The van der Waals surface area contributed by atoms with Gasteiger partial charge in [0.05, 0.1) is 15.0 Å². The van der Waals surface area contributed by atoms with Crippen LogP contribution in [0.4, 0.5) is 15.8 Å². The number of nitro groups is 1. The highest BCUT2D eigenvalue weighted by molar-refractivity contribution is 7.13. The first kappa shape index (κ1) is 15.8. The van der Waals surface area contributed by atoms with Gasteiger partial charge in [-0.25, -0.2) is 4.39 Å². The van der Waals surface area contributed by atoms with E-state index in [1.54, 1.807) is 0 Å². The van der Waals surface area contributed by atoms with Gasteiger partial charge in [-0.2, -0.15) is 0 Å². The zero-order valence-corrected chi connectivity index (χ0v) is 12.9. The fraction of sp³-hybridized carbons (Fsp3) is 0.0667. The molecule has 1 heterocycles. The van der Waals surface area contributed by atoms with Crippen molar-refractivity contribution < 1.29 is 14.1 Å². The summed E-state index contributed by atoms with van der Waals surface area (Å²) in [5.41, 5.74) is -0.1000. The number of nitrogens with one attached hydrogen (secondary N) is 1. The van der Waals surface area contributed by atoms with Gasteiger partial charge >= 0.3 is 0 Å². The van der Waals surface area contributed by atoms with E-state index in [1.807, 2.05) is 0 Å². The molecule has 1 N–H and O–H groups in total. The molecule has 0 spiro atoms. The van der Waals surface area contributed by atoms with E-state index >= 15 is 0 Å². The Kier molecular flexibility index (Phi) is 4.09. The Morgan fingerprint density at radius 1 is 1.25 bits per heavy atom. The number of carbonyl (C=O) groups excluding carboxylic acids is 1. The Morgan fingerprint density at radius 3 is 2.62 bits per heavy atom. The first-order valence-electron chi connectivity index (χ1n) is 6.78. The summed E-state index contributed by atoms with van der Waals surface area (Å²) in [4.78, 5) is 34.5. The number of aromatic nitrogens is 1. The molecule has 0 atom stereocenters. The summed E-state index contributed by atoms with van der Waals surface area (Å²) in [7, 11) is 0. The van der Waals surface area contributed by atoms with E-state index in [2.05, 4.69) is 5.32 Å². The van der Waals surface area contributed by atoms with Crippen molar-refractivity contribution >= 4 is 38.9 Å². The van der Waals surface area contributed by atoms with E-state index in [1.165, 1.54) is 46.4 Å². The minimum atomic E-state index is -0.546. The molecule has 0 aliphatic heterocycles. The first-order valence-corrected chi connectivity index (χ1v) is 7.55. The molecule has 7 nitrogen and oxygen atoms in total. The number of nitro benzene ring substituents is 1. The van der Waals surface area contributed by atoms with E-state index in [9.17, 15) is 24.1 Å². The molecule has 0 radical (unpaired) electrons. The summed E-state index contributed by atoms with van der Waals surface area (Å²) in [5, 5.41) is 13.6. The fourth-order valence-electron chi connectivity index (χ4n) is 2.14. The van der Waals surface area contributed by atoms with Gasteiger partial charge in [-0.15, -0.1) is 0 Å². The fourth-order valence-corrected chi connectivity index (χ4v) is 3.17. The van der Waals surface area contributed by atoms with Crippen molar-refractivity contribution in [2.24, 2.45) is 0 Å². The molecular weight excluding hydrogens is 337 g/mol. The largest absolute Gasteiger partial charge is 0.325 e. The van der Waals surface area contributed by atoms with E-state index in [0.29, 0.717) is 15.8 Å². The van der Waals surface area contributed by atoms with Gasteiger partial charge in [-0.3, -0.25) is 23.7 Å². The highest BCUT2D eigenvalue weighted by Gasteiger charge is 2.14. The molecule has 122 valence electrons. The summed E-state index contributed by atoms with van der Waals surface area (Å²) in [6, 6.07) is 9.16. The van der Waals surface area contributed by atoms with Gasteiger partial charge in [0, 0.05) is 17.8 Å². The number of non-ortho nitro benzene ring substituents is 1. The number of fused-ring (bicyclic) bond motifs is 1. The van der Waals surface area contributed by atoms with Crippen LogP contribution in [0.15, 0.2) is 47.3 Å². The zero-order chi connectivity index (χ0) is 17.3. The number of benzene rings is 2. The number of anilines is 1. The third-order valence-electron chi connectivity index (χ3n) is 3.26. The van der Waals surface area contributed by atoms with Crippen LogP contribution in [0, 0.1) is 15.9 Å². The van der Waals surface area contributed by atoms with E-state index in [-0.39, 0.29) is 17.8 Å². The quantitative estimate of drug-likeness (QED) is 0.580. The Morgan fingerprint density at radius 2 is 1.96 bits per heavy atom. The molecule has 0 bridgehead atoms. The van der Waals surface area contributed by atoms with Crippen LogP contribution in [0.3, 0.4) is 0 Å². The average Bonchev–Trinajstić information content (AvgIpc) is 2.85. The van der Waals surface area contributed by atoms with Gasteiger partial charge in [0.2, 0.25) is 5.91 Å². The topological polar surface area (TPSA) is 94.2 Å². The lowest BCUT2D eigenvalue weighted by Gasteiger charge is -2.04. The minimum absolute atomic E-state index is 0.119. The Balaban J connectivity index is 1.82. The smallest absolute Gasteiger partial charge is 0.270 e. The molecule has 9 heteroatoms. The first-order chi connectivity index (χ1) is 11.4. The normalized spacial score (nSPS) is 10.7. The van der Waals surface area contributed by atoms with Gasteiger partial charge in [0.1, 0.15) is 12.4 Å². The second kappa shape index (κ2) is 6.20. The molecule has 0 aliphatic rings. The van der Waals surface area contributed by atoms with Crippen molar-refractivity contribution in [3.63, 3.8) is 0 Å². The molecule has 2 aromatic carbocycles. The van der Waals surface area contributed by atoms with Gasteiger partial charge in [-0.05, 0) is 30.3 Å². The molecule has 0 aliphatic carbocycles. The van der Waals surface area contributed by atoms with Crippen LogP contribution in [0.2, 0.25) is 0 Å². The van der Waals surface area contributed by atoms with Gasteiger partial charge < -0.3 is 5.32 Å². The number of rotatable bonds is 4. The lowest BCUT2D eigenvalue weighted by molar-refractivity contribution is -0.384. The van der Waals surface area contributed by atoms with Crippen molar-refractivity contribution in [1.82, 2.24) is 3.96 Å². The van der Waals surface area contributed by atoms with Crippen LogP contribution >= 0.6 is 11.5 Å². The third-order valence-corrected chi connectivity index (χ3v) is 4.31. The van der Waals surface area contributed by atoms with Crippen LogP contribution in [-0.4, -0.2) is 14.8 Å². The zero-order valence-electron chi connectivity index (χ0n) is 12.1. The van der Waals surface area contributed by atoms with Crippen molar-refractivity contribution in [3.05, 3.63) is 68.7 Å². The molecular formula is C15H10FN3O4S. The molecule has 1 amide bonds. The number of hydrogen-bond acceptors (Lipinski definition) is 5. The van der Waals surface area contributed by atoms with Crippen LogP contribution in [0.1, 0.15) is 0 Å². The summed E-state index contributed by atoms with van der Waals surface area (Å²) >= 11 is 0.976. The molecule has 0 saturated heterocycles. The van der Waals surface area contributed by atoms with Gasteiger partial charge in [-0.1, -0.05) is 11.5 Å². The van der Waals surface area contributed by atoms with Crippen molar-refractivity contribution in [2.45, 2.75) is 6.54 Å². The number of halogens is 1. The van der Waals surface area contributed by atoms with Crippen LogP contribution in [0.5, 0.6) is 0 Å².